The van der Waals surface area contributed by atoms with Gasteiger partial charge in [-0.1, -0.05) is 24.6 Å². The predicted molar refractivity (Wildman–Crippen MR) is 67.7 cm³/mol. The number of fused-ring (bicyclic) bond motifs is 2. The van der Waals surface area contributed by atoms with E-state index >= 15 is 0 Å². The normalized spacial score (nSPS) is 50.1. The summed E-state index contributed by atoms with van der Waals surface area (Å²) in [5.41, 5.74) is 2.42. The second-order valence-electron chi connectivity index (χ2n) is 6.06. The van der Waals surface area contributed by atoms with Gasteiger partial charge in [-0.2, -0.15) is 0 Å². The summed E-state index contributed by atoms with van der Waals surface area (Å²) in [5, 5.41) is 10.4. The molecule has 3 heteroatoms. The summed E-state index contributed by atoms with van der Waals surface area (Å²) in [5.74, 6) is 0.545. The fourth-order valence-corrected chi connectivity index (χ4v) is 3.55. The van der Waals surface area contributed by atoms with Crippen LogP contribution in [0.25, 0.3) is 0 Å². The topological polar surface area (TPSA) is 46.5 Å². The lowest BCUT2D eigenvalue weighted by Crippen LogP contribution is -2.31. The van der Waals surface area contributed by atoms with E-state index in [1.165, 1.54) is 5.57 Å². The van der Waals surface area contributed by atoms with Gasteiger partial charge in [-0.3, -0.25) is 4.79 Å². The number of carbonyl (C=O) groups is 1. The van der Waals surface area contributed by atoms with Crippen molar-refractivity contribution in [2.45, 2.75) is 38.9 Å². The zero-order valence-corrected chi connectivity index (χ0v) is 10.9. The van der Waals surface area contributed by atoms with Crippen LogP contribution in [0.3, 0.4) is 0 Å². The molecular weight excluding hydrogens is 228 g/mol. The first-order chi connectivity index (χ1) is 8.49. The van der Waals surface area contributed by atoms with E-state index in [2.05, 4.69) is 19.6 Å². The molecule has 6 atom stereocenters. The van der Waals surface area contributed by atoms with Crippen LogP contribution in [0.2, 0.25) is 0 Å². The molecule has 0 aromatic heterocycles. The Kier molecular flexibility index (Phi) is 2.63. The molecule has 0 aromatic carbocycles. The molecule has 2 aliphatic carbocycles. The summed E-state index contributed by atoms with van der Waals surface area (Å²) in [6, 6.07) is 0. The largest absolute Gasteiger partial charge is 0.457 e. The minimum atomic E-state index is -0.521. The summed E-state index contributed by atoms with van der Waals surface area (Å²) < 4.78 is 5.41. The lowest BCUT2D eigenvalue weighted by atomic mass is 9.83. The van der Waals surface area contributed by atoms with Crippen molar-refractivity contribution in [3.63, 3.8) is 0 Å². The van der Waals surface area contributed by atoms with Gasteiger partial charge in [0.2, 0.25) is 0 Å². The van der Waals surface area contributed by atoms with Gasteiger partial charge >= 0.3 is 5.97 Å². The molecule has 0 amide bonds. The minimum absolute atomic E-state index is 0.123. The summed E-state index contributed by atoms with van der Waals surface area (Å²) in [6.07, 6.45) is 3.01. The first-order valence-electron chi connectivity index (χ1n) is 6.73. The molecular formula is C15H20O3. The minimum Gasteiger partial charge on any atom is -0.457 e. The Morgan fingerprint density at radius 1 is 1.44 bits per heavy atom. The van der Waals surface area contributed by atoms with Crippen molar-refractivity contribution in [3.8, 4) is 0 Å². The number of hydrogen-bond donors (Lipinski definition) is 1. The lowest BCUT2D eigenvalue weighted by Gasteiger charge is -2.23. The lowest BCUT2D eigenvalue weighted by molar-refractivity contribution is -0.142. The number of esters is 1. The number of ether oxygens (including phenoxy) is 1. The molecule has 0 spiro atoms. The van der Waals surface area contributed by atoms with Crippen LogP contribution in [0.15, 0.2) is 23.8 Å². The number of aliphatic hydroxyl groups is 1. The zero-order chi connectivity index (χ0) is 13.0. The fourth-order valence-electron chi connectivity index (χ4n) is 3.55. The standard InChI is InChI=1S/C15H20O3/c1-7-4-12(16)14-9(3)15(17)18-13(14)5-8(2)11-6-10(7)11/h5,9-14,16H,1,4,6H2,2-3H3/b8-5-/t9-,10-,11-,12-,13-,14-/m1/s1. The van der Waals surface area contributed by atoms with Crippen LogP contribution in [-0.2, 0) is 9.53 Å². The quantitative estimate of drug-likeness (QED) is 0.527. The molecule has 1 saturated carbocycles. The number of rotatable bonds is 0. The number of hydrogen-bond acceptors (Lipinski definition) is 3. The van der Waals surface area contributed by atoms with Gasteiger partial charge in [-0.25, -0.2) is 0 Å². The maximum Gasteiger partial charge on any atom is 0.309 e. The second kappa shape index (κ2) is 3.95. The molecule has 98 valence electrons. The molecule has 2 fully saturated rings. The SMILES string of the molecule is C=C1C[C@@H](O)[C@@H]2[C@@H](/C=C(/C)[C@H]3C[C@H]13)OC(=O)[C@@H]2C. The Bertz CT molecular complexity index is 437. The van der Waals surface area contributed by atoms with E-state index in [4.69, 9.17) is 4.74 Å². The third-order valence-corrected chi connectivity index (χ3v) is 4.82. The highest BCUT2D eigenvalue weighted by atomic mass is 16.6. The molecule has 0 bridgehead atoms. The monoisotopic (exact) mass is 248 g/mol. The van der Waals surface area contributed by atoms with Crippen LogP contribution in [0.5, 0.6) is 0 Å². The third-order valence-electron chi connectivity index (χ3n) is 4.82. The van der Waals surface area contributed by atoms with Crippen LogP contribution in [0, 0.1) is 23.7 Å². The Morgan fingerprint density at radius 3 is 2.89 bits per heavy atom. The molecule has 3 aliphatic rings. The number of aliphatic hydroxyl groups excluding tert-OH is 1. The Hall–Kier alpha value is -1.09. The summed E-state index contributed by atoms with van der Waals surface area (Å²) in [4.78, 5) is 11.7. The zero-order valence-electron chi connectivity index (χ0n) is 10.9. The maximum atomic E-state index is 11.7. The van der Waals surface area contributed by atoms with E-state index < -0.39 is 6.10 Å². The highest BCUT2D eigenvalue weighted by Gasteiger charge is 2.49. The van der Waals surface area contributed by atoms with Crippen molar-refractivity contribution in [2.24, 2.45) is 23.7 Å². The molecule has 3 rings (SSSR count). The smallest absolute Gasteiger partial charge is 0.309 e. The van der Waals surface area contributed by atoms with E-state index in [1.807, 2.05) is 6.92 Å². The van der Waals surface area contributed by atoms with Gasteiger partial charge in [0.05, 0.1) is 12.0 Å². The van der Waals surface area contributed by atoms with Gasteiger partial charge in [-0.15, -0.1) is 0 Å². The Morgan fingerprint density at radius 2 is 2.17 bits per heavy atom. The van der Waals surface area contributed by atoms with Crippen LogP contribution < -0.4 is 0 Å². The van der Waals surface area contributed by atoms with Crippen LogP contribution in [0.4, 0.5) is 0 Å². The number of carbonyl (C=O) groups excluding carboxylic acids is 1. The van der Waals surface area contributed by atoms with Crippen molar-refractivity contribution in [1.29, 1.82) is 0 Å². The van der Waals surface area contributed by atoms with Crippen molar-refractivity contribution >= 4 is 5.97 Å². The molecule has 1 heterocycles. The van der Waals surface area contributed by atoms with Gasteiger partial charge < -0.3 is 9.84 Å². The van der Waals surface area contributed by atoms with Crippen molar-refractivity contribution in [1.82, 2.24) is 0 Å². The van der Waals surface area contributed by atoms with Gasteiger partial charge in [0, 0.05) is 5.92 Å². The van der Waals surface area contributed by atoms with Crippen LogP contribution in [0.1, 0.15) is 26.7 Å². The first-order valence-corrected chi connectivity index (χ1v) is 6.73. The molecule has 1 saturated heterocycles. The van der Waals surface area contributed by atoms with E-state index in [9.17, 15) is 9.90 Å². The summed E-state index contributed by atoms with van der Waals surface area (Å²) in [7, 11) is 0. The Labute approximate surface area is 108 Å². The van der Waals surface area contributed by atoms with E-state index in [-0.39, 0.29) is 23.9 Å². The number of allylic oxidation sites excluding steroid dienone is 1. The van der Waals surface area contributed by atoms with Gasteiger partial charge in [0.25, 0.3) is 0 Å². The van der Waals surface area contributed by atoms with Gasteiger partial charge in [0.1, 0.15) is 6.10 Å². The molecule has 1 N–H and O–H groups in total. The average molecular weight is 248 g/mol. The summed E-state index contributed by atoms with van der Waals surface area (Å²) in [6.45, 7) is 8.06. The molecule has 0 aromatic rings. The molecule has 3 nitrogen and oxygen atoms in total. The molecule has 18 heavy (non-hydrogen) atoms. The van der Waals surface area contributed by atoms with Crippen molar-refractivity contribution < 1.29 is 14.6 Å². The van der Waals surface area contributed by atoms with Gasteiger partial charge in [0.15, 0.2) is 0 Å². The van der Waals surface area contributed by atoms with Crippen LogP contribution >= 0.6 is 0 Å². The summed E-state index contributed by atoms with van der Waals surface area (Å²) >= 11 is 0. The fraction of sp³-hybridized carbons (Fsp3) is 0.667. The highest BCUT2D eigenvalue weighted by molar-refractivity contribution is 5.75. The van der Waals surface area contributed by atoms with Gasteiger partial charge in [-0.05, 0) is 37.7 Å². The second-order valence-corrected chi connectivity index (χ2v) is 6.06. The van der Waals surface area contributed by atoms with E-state index in [0.29, 0.717) is 18.3 Å². The van der Waals surface area contributed by atoms with E-state index in [0.717, 1.165) is 12.0 Å². The average Bonchev–Trinajstić information content (AvgIpc) is 3.02. The van der Waals surface area contributed by atoms with E-state index in [1.54, 1.807) is 0 Å². The van der Waals surface area contributed by atoms with Crippen molar-refractivity contribution in [3.05, 3.63) is 23.8 Å². The third kappa shape index (κ3) is 1.72. The predicted octanol–water partition coefficient (Wildman–Crippen LogP) is 2.07. The first kappa shape index (κ1) is 12.0. The molecule has 1 aliphatic heterocycles. The maximum absolute atomic E-state index is 11.7. The van der Waals surface area contributed by atoms with Crippen molar-refractivity contribution in [2.75, 3.05) is 0 Å². The molecule has 0 radical (unpaired) electrons. The molecule has 0 unspecified atom stereocenters. The Balaban J connectivity index is 1.95. The van der Waals surface area contributed by atoms with Crippen LogP contribution in [-0.4, -0.2) is 23.3 Å². The highest BCUT2D eigenvalue weighted by Crippen LogP contribution is 2.51.